The largest absolute Gasteiger partial charge is 0.266 e. The van der Waals surface area contributed by atoms with Gasteiger partial charge in [-0.05, 0) is 51.2 Å². The van der Waals surface area contributed by atoms with Crippen molar-refractivity contribution in [1.82, 2.24) is 4.98 Å². The molecule has 0 saturated carbocycles. The van der Waals surface area contributed by atoms with E-state index in [1.54, 1.807) is 45.2 Å². The highest BCUT2D eigenvalue weighted by atomic mass is 127. The fraction of sp³-hybridized carbons (Fsp3) is 0.167. The number of halogens is 4. The van der Waals surface area contributed by atoms with Crippen molar-refractivity contribution in [2.24, 2.45) is 5.14 Å². The Morgan fingerprint density at radius 2 is 1.93 bits per heavy atom. The van der Waals surface area contributed by atoms with Crippen LogP contribution in [0.25, 0.3) is 0 Å². The molecule has 0 aliphatic carbocycles. The number of alkyl halides is 2. The Morgan fingerprint density at radius 1 is 1.40 bits per heavy atom. The Labute approximate surface area is 112 Å². The Kier molecular flexibility index (Phi) is 4.22. The first kappa shape index (κ1) is 13.4. The fourth-order valence-corrected chi connectivity index (χ4v) is 3.54. The van der Waals surface area contributed by atoms with Gasteiger partial charge < -0.3 is 0 Å². The van der Waals surface area contributed by atoms with E-state index in [-0.39, 0.29) is 17.9 Å². The highest BCUT2D eigenvalue weighted by Crippen LogP contribution is 2.27. The van der Waals surface area contributed by atoms with Gasteiger partial charge in [-0.2, -0.15) is 0 Å². The van der Waals surface area contributed by atoms with Crippen molar-refractivity contribution in [2.45, 2.75) is 11.5 Å². The van der Waals surface area contributed by atoms with Crippen LogP contribution in [-0.2, 0) is 10.0 Å². The van der Waals surface area contributed by atoms with E-state index >= 15 is 0 Å². The quantitative estimate of drug-likeness (QED) is 0.542. The molecular weight excluding hydrogens is 456 g/mol. The van der Waals surface area contributed by atoms with Crippen LogP contribution in [0.4, 0.5) is 8.78 Å². The highest BCUT2D eigenvalue weighted by molar-refractivity contribution is 14.1. The van der Waals surface area contributed by atoms with Crippen molar-refractivity contribution in [3.05, 3.63) is 18.9 Å². The van der Waals surface area contributed by atoms with E-state index in [1.165, 1.54) is 0 Å². The molecule has 1 heterocycles. The van der Waals surface area contributed by atoms with Crippen molar-refractivity contribution in [3.8, 4) is 0 Å². The van der Waals surface area contributed by atoms with Gasteiger partial charge in [0.15, 0.2) is 5.03 Å². The van der Waals surface area contributed by atoms with Gasteiger partial charge in [-0.1, -0.05) is 0 Å². The monoisotopic (exact) mass is 460 g/mol. The number of hydrogen-bond donors (Lipinski definition) is 1. The third kappa shape index (κ3) is 3.17. The van der Waals surface area contributed by atoms with Crippen molar-refractivity contribution in [3.63, 3.8) is 0 Å². The van der Waals surface area contributed by atoms with Gasteiger partial charge >= 0.3 is 0 Å². The molecule has 4 nitrogen and oxygen atoms in total. The first-order valence-electron chi connectivity index (χ1n) is 3.40. The van der Waals surface area contributed by atoms with Crippen molar-refractivity contribution in [1.29, 1.82) is 0 Å². The van der Waals surface area contributed by atoms with E-state index in [9.17, 15) is 17.2 Å². The zero-order valence-corrected chi connectivity index (χ0v) is 12.0. The predicted octanol–water partition coefficient (Wildman–Crippen LogP) is 1.88. The van der Waals surface area contributed by atoms with Crippen LogP contribution in [0.15, 0.2) is 11.1 Å². The summed E-state index contributed by atoms with van der Waals surface area (Å²) >= 11 is 3.15. The second-order valence-corrected chi connectivity index (χ2v) is 6.16. The summed E-state index contributed by atoms with van der Waals surface area (Å²) in [6, 6.07) is 1.07. The third-order valence-corrected chi connectivity index (χ3v) is 4.33. The lowest BCUT2D eigenvalue weighted by molar-refractivity contribution is 0.149. The highest BCUT2D eigenvalue weighted by Gasteiger charge is 2.21. The molecule has 0 bridgehead atoms. The molecule has 0 saturated heterocycles. The van der Waals surface area contributed by atoms with Gasteiger partial charge in [-0.15, -0.1) is 0 Å². The smallest absolute Gasteiger partial charge is 0.227 e. The lowest BCUT2D eigenvalue weighted by atomic mass is 10.3. The van der Waals surface area contributed by atoms with Gasteiger partial charge in [0.25, 0.3) is 16.4 Å². The molecule has 0 aromatic carbocycles. The minimum Gasteiger partial charge on any atom is -0.227 e. The molecular formula is C6H4F2I2N2O2S. The predicted molar refractivity (Wildman–Crippen MR) is 66.0 cm³/mol. The van der Waals surface area contributed by atoms with Crippen molar-refractivity contribution < 1.29 is 17.2 Å². The van der Waals surface area contributed by atoms with E-state index < -0.39 is 16.4 Å². The maximum absolute atomic E-state index is 12.4. The minimum absolute atomic E-state index is 0.0629. The standard InChI is InChI=1S/C6H4F2I2N2O2S/c7-4(8)2-1-3(9)6(12-5(2)10)15(11,13)14/h1,4H,(H2,11,13,14). The first-order chi connectivity index (χ1) is 6.73. The molecule has 84 valence electrons. The SMILES string of the molecule is NS(=O)(=O)c1nc(I)c(C(F)F)cc1I. The second kappa shape index (κ2) is 4.71. The Morgan fingerprint density at radius 3 is 2.33 bits per heavy atom. The maximum atomic E-state index is 12.4. The average molecular weight is 460 g/mol. The summed E-state index contributed by atoms with van der Waals surface area (Å²) in [4.78, 5) is 3.55. The number of hydrogen-bond acceptors (Lipinski definition) is 3. The molecule has 1 aromatic heterocycles. The van der Waals surface area contributed by atoms with Crippen LogP contribution in [0.2, 0.25) is 0 Å². The summed E-state index contributed by atoms with van der Waals surface area (Å²) in [5.74, 6) is 0. The van der Waals surface area contributed by atoms with Crippen LogP contribution in [0.5, 0.6) is 0 Å². The third-order valence-electron chi connectivity index (χ3n) is 1.43. The molecule has 0 unspecified atom stereocenters. The van der Waals surface area contributed by atoms with E-state index in [0.29, 0.717) is 0 Å². The molecule has 0 aliphatic rings. The van der Waals surface area contributed by atoms with Gasteiger partial charge in [0.05, 0.1) is 9.13 Å². The summed E-state index contributed by atoms with van der Waals surface area (Å²) in [5, 5.41) is 4.49. The molecule has 0 radical (unpaired) electrons. The molecule has 1 rings (SSSR count). The number of nitrogens with zero attached hydrogens (tertiary/aromatic N) is 1. The molecule has 0 atom stereocenters. The van der Waals surface area contributed by atoms with Crippen LogP contribution in [0, 0.1) is 7.27 Å². The topological polar surface area (TPSA) is 73.1 Å². The molecule has 0 amide bonds. The minimum atomic E-state index is -3.97. The molecule has 9 heteroatoms. The van der Waals surface area contributed by atoms with Gasteiger partial charge in [0.2, 0.25) is 0 Å². The normalized spacial score (nSPS) is 12.1. The van der Waals surface area contributed by atoms with Crippen LogP contribution < -0.4 is 5.14 Å². The zero-order valence-electron chi connectivity index (χ0n) is 6.92. The van der Waals surface area contributed by atoms with Crippen molar-refractivity contribution in [2.75, 3.05) is 0 Å². The van der Waals surface area contributed by atoms with E-state index in [0.717, 1.165) is 6.07 Å². The molecule has 15 heavy (non-hydrogen) atoms. The van der Waals surface area contributed by atoms with Gasteiger partial charge in [-0.3, -0.25) is 0 Å². The van der Waals surface area contributed by atoms with Gasteiger partial charge in [0.1, 0.15) is 3.70 Å². The first-order valence-corrected chi connectivity index (χ1v) is 7.10. The van der Waals surface area contributed by atoms with Gasteiger partial charge in [0, 0.05) is 0 Å². The molecule has 0 fully saturated rings. The zero-order chi connectivity index (χ0) is 11.8. The number of sulfonamides is 1. The Bertz CT molecular complexity index is 492. The van der Waals surface area contributed by atoms with Crippen LogP contribution in [0.3, 0.4) is 0 Å². The summed E-state index contributed by atoms with van der Waals surface area (Å²) in [7, 11) is -3.97. The molecule has 1 aromatic rings. The van der Waals surface area contributed by atoms with Crippen LogP contribution >= 0.6 is 45.2 Å². The lowest BCUT2D eigenvalue weighted by Crippen LogP contribution is -2.17. The number of rotatable bonds is 2. The fourth-order valence-electron chi connectivity index (χ4n) is 0.817. The summed E-state index contributed by atoms with van der Waals surface area (Å²) in [5.41, 5.74) is -0.299. The lowest BCUT2D eigenvalue weighted by Gasteiger charge is -2.06. The number of aromatic nitrogens is 1. The van der Waals surface area contributed by atoms with E-state index in [2.05, 4.69) is 4.98 Å². The average Bonchev–Trinajstić information content (AvgIpc) is 2.06. The maximum Gasteiger partial charge on any atom is 0.266 e. The number of nitrogens with two attached hydrogens (primary N) is 1. The number of pyridine rings is 1. The summed E-state index contributed by atoms with van der Waals surface area (Å²) < 4.78 is 46.9. The molecule has 0 spiro atoms. The van der Waals surface area contributed by atoms with Gasteiger partial charge in [-0.25, -0.2) is 27.3 Å². The van der Waals surface area contributed by atoms with Crippen molar-refractivity contribution >= 4 is 55.2 Å². The Balaban J connectivity index is 3.46. The van der Waals surface area contributed by atoms with Crippen LogP contribution in [-0.4, -0.2) is 13.4 Å². The second-order valence-electron chi connectivity index (χ2n) is 2.50. The molecule has 0 aliphatic heterocycles. The summed E-state index contributed by atoms with van der Waals surface area (Å²) in [6.45, 7) is 0. The number of primary sulfonamides is 1. The van der Waals surface area contributed by atoms with Crippen LogP contribution in [0.1, 0.15) is 12.0 Å². The summed E-state index contributed by atoms with van der Waals surface area (Å²) in [6.07, 6.45) is -2.69. The van der Waals surface area contributed by atoms with E-state index in [1.807, 2.05) is 0 Å². The van der Waals surface area contributed by atoms with E-state index in [4.69, 9.17) is 5.14 Å². The molecule has 2 N–H and O–H groups in total. The Hall–Kier alpha value is 0.380.